The first-order chi connectivity index (χ1) is 15.2. The Morgan fingerprint density at radius 3 is 2.28 bits per heavy atom. The fourth-order valence-corrected chi connectivity index (χ4v) is 4.20. The van der Waals surface area contributed by atoms with Crippen LogP contribution in [0.3, 0.4) is 0 Å². The second-order valence-electron chi connectivity index (χ2n) is 7.58. The van der Waals surface area contributed by atoms with Gasteiger partial charge in [-0.25, -0.2) is 4.18 Å². The molecule has 0 aromatic heterocycles. The lowest BCUT2D eigenvalue weighted by molar-refractivity contribution is 0.117. The largest absolute Gasteiger partial charge is 0.508 e. The van der Waals surface area contributed by atoms with Gasteiger partial charge < -0.3 is 15.3 Å². The maximum atomic E-state index is 12.8. The number of aryl methyl sites for hydroxylation is 2. The van der Waals surface area contributed by atoms with E-state index in [4.69, 9.17) is 4.18 Å². The summed E-state index contributed by atoms with van der Waals surface area (Å²) in [6, 6.07) is 19.2. The zero-order valence-electron chi connectivity index (χ0n) is 17.7. The molecule has 32 heavy (non-hydrogen) atoms. The van der Waals surface area contributed by atoms with Gasteiger partial charge in [0.05, 0.1) is 11.0 Å². The fraction of sp³-hybridized carbons (Fsp3) is 0.250. The summed E-state index contributed by atoms with van der Waals surface area (Å²) in [5.74, 6) is 0.180. The summed E-state index contributed by atoms with van der Waals surface area (Å²) < 4.78 is 31.0. The van der Waals surface area contributed by atoms with Gasteiger partial charge in [-0.1, -0.05) is 42.0 Å². The van der Waals surface area contributed by atoms with Crippen LogP contribution in [0.2, 0.25) is 0 Å². The Morgan fingerprint density at radius 1 is 0.938 bits per heavy atom. The summed E-state index contributed by atoms with van der Waals surface area (Å²) >= 11 is 0. The highest BCUT2D eigenvalue weighted by atomic mass is 32.2. The molecule has 8 heteroatoms. The van der Waals surface area contributed by atoms with Gasteiger partial charge in [-0.05, 0) is 67.3 Å². The van der Waals surface area contributed by atoms with Crippen molar-refractivity contribution >= 4 is 10.1 Å². The van der Waals surface area contributed by atoms with Gasteiger partial charge in [0.2, 0.25) is 0 Å². The lowest BCUT2D eigenvalue weighted by Crippen LogP contribution is -2.37. The SMILES string of the molecule is Cc1ccc(S(=O)(=O)O[C@H](CCc2ccc(O)cc2)NCC(O)c2cccc(O)c2)cc1. The zero-order chi connectivity index (χ0) is 23.1. The number of rotatable bonds is 10. The molecule has 170 valence electrons. The van der Waals surface area contributed by atoms with Crippen molar-refractivity contribution in [2.45, 2.75) is 37.0 Å². The molecule has 3 aromatic carbocycles. The molecular weight excluding hydrogens is 430 g/mol. The van der Waals surface area contributed by atoms with Crippen LogP contribution >= 0.6 is 0 Å². The first kappa shape index (κ1) is 23.7. The van der Waals surface area contributed by atoms with Crippen LogP contribution < -0.4 is 5.32 Å². The molecule has 7 nitrogen and oxygen atoms in total. The van der Waals surface area contributed by atoms with E-state index in [0.717, 1.165) is 11.1 Å². The van der Waals surface area contributed by atoms with E-state index >= 15 is 0 Å². The van der Waals surface area contributed by atoms with Crippen LogP contribution in [0.25, 0.3) is 0 Å². The number of phenols is 2. The summed E-state index contributed by atoms with van der Waals surface area (Å²) in [5, 5.41) is 32.5. The van der Waals surface area contributed by atoms with E-state index < -0.39 is 22.4 Å². The lowest BCUT2D eigenvalue weighted by Gasteiger charge is -2.21. The van der Waals surface area contributed by atoms with E-state index in [1.165, 1.54) is 24.3 Å². The summed E-state index contributed by atoms with van der Waals surface area (Å²) in [6.45, 7) is 1.88. The minimum atomic E-state index is -4.03. The van der Waals surface area contributed by atoms with Gasteiger partial charge in [-0.3, -0.25) is 5.32 Å². The predicted octanol–water partition coefficient (Wildman–Crippen LogP) is 3.39. The smallest absolute Gasteiger partial charge is 0.298 e. The second kappa shape index (κ2) is 10.6. The molecule has 3 aromatic rings. The van der Waals surface area contributed by atoms with Crippen molar-refractivity contribution in [2.24, 2.45) is 0 Å². The first-order valence-corrected chi connectivity index (χ1v) is 11.6. The number of nitrogens with one attached hydrogen (secondary N) is 1. The van der Waals surface area contributed by atoms with E-state index in [2.05, 4.69) is 5.32 Å². The average Bonchev–Trinajstić information content (AvgIpc) is 2.76. The number of aliphatic hydroxyl groups is 1. The molecule has 2 atom stereocenters. The fourth-order valence-electron chi connectivity index (χ4n) is 3.15. The van der Waals surface area contributed by atoms with E-state index in [0.29, 0.717) is 18.4 Å². The van der Waals surface area contributed by atoms with Crippen molar-refractivity contribution in [1.82, 2.24) is 5.32 Å². The van der Waals surface area contributed by atoms with Gasteiger partial charge in [0.25, 0.3) is 10.1 Å². The number of hydrogen-bond donors (Lipinski definition) is 4. The predicted molar refractivity (Wildman–Crippen MR) is 121 cm³/mol. The van der Waals surface area contributed by atoms with Crippen LogP contribution in [-0.2, 0) is 20.7 Å². The normalized spacial score (nSPS) is 13.6. The summed E-state index contributed by atoms with van der Waals surface area (Å²) in [7, 11) is -4.03. The molecule has 0 saturated carbocycles. The summed E-state index contributed by atoms with van der Waals surface area (Å²) in [5.41, 5.74) is 2.33. The van der Waals surface area contributed by atoms with Crippen molar-refractivity contribution < 1.29 is 27.9 Å². The quantitative estimate of drug-likeness (QED) is 0.272. The zero-order valence-corrected chi connectivity index (χ0v) is 18.5. The highest BCUT2D eigenvalue weighted by Crippen LogP contribution is 2.20. The van der Waals surface area contributed by atoms with E-state index in [1.54, 1.807) is 48.5 Å². The van der Waals surface area contributed by atoms with Crippen LogP contribution in [0.5, 0.6) is 11.5 Å². The number of aromatic hydroxyl groups is 2. The Balaban J connectivity index is 1.72. The molecular formula is C24H27NO6S. The Labute approximate surface area is 188 Å². The highest BCUT2D eigenvalue weighted by Gasteiger charge is 2.23. The molecule has 0 aliphatic rings. The van der Waals surface area contributed by atoms with E-state index in [1.807, 2.05) is 6.92 Å². The van der Waals surface area contributed by atoms with Crippen LogP contribution in [0.15, 0.2) is 77.7 Å². The molecule has 0 aliphatic carbocycles. The standard InChI is InChI=1S/C24H27NO6S/c1-17-5-12-22(13-6-17)32(29,30)31-24(14-9-18-7-10-20(26)11-8-18)25-16-23(28)19-3-2-4-21(27)15-19/h2-8,10-13,15,23-28H,9,14,16H2,1H3/t23?,24-/m1/s1. The van der Waals surface area contributed by atoms with Crippen LogP contribution in [0.1, 0.15) is 29.2 Å². The molecule has 0 saturated heterocycles. The molecule has 0 aliphatic heterocycles. The van der Waals surface area contributed by atoms with Gasteiger partial charge in [0, 0.05) is 6.54 Å². The number of hydrogen-bond acceptors (Lipinski definition) is 7. The molecule has 0 fully saturated rings. The minimum absolute atomic E-state index is 0.0209. The topological polar surface area (TPSA) is 116 Å². The highest BCUT2D eigenvalue weighted by molar-refractivity contribution is 7.86. The molecule has 0 spiro atoms. The third kappa shape index (κ3) is 6.80. The number of aliphatic hydroxyl groups excluding tert-OH is 1. The van der Waals surface area contributed by atoms with Crippen molar-refractivity contribution in [3.8, 4) is 11.5 Å². The average molecular weight is 458 g/mol. The molecule has 0 bridgehead atoms. The molecule has 4 N–H and O–H groups in total. The Hall–Kier alpha value is -2.91. The lowest BCUT2D eigenvalue weighted by atomic mass is 10.1. The Bertz CT molecular complexity index is 1110. The summed E-state index contributed by atoms with van der Waals surface area (Å²) in [4.78, 5) is 0.0491. The van der Waals surface area contributed by atoms with Crippen molar-refractivity contribution in [1.29, 1.82) is 0 Å². The molecule has 0 amide bonds. The monoisotopic (exact) mass is 457 g/mol. The van der Waals surface area contributed by atoms with Crippen molar-refractivity contribution in [3.05, 3.63) is 89.5 Å². The maximum absolute atomic E-state index is 12.8. The Morgan fingerprint density at radius 2 is 1.62 bits per heavy atom. The van der Waals surface area contributed by atoms with Crippen molar-refractivity contribution in [2.75, 3.05) is 6.54 Å². The van der Waals surface area contributed by atoms with Gasteiger partial charge in [0.15, 0.2) is 0 Å². The maximum Gasteiger partial charge on any atom is 0.298 e. The molecule has 0 heterocycles. The van der Waals surface area contributed by atoms with Crippen LogP contribution in [-0.4, -0.2) is 36.5 Å². The van der Waals surface area contributed by atoms with Crippen molar-refractivity contribution in [3.63, 3.8) is 0 Å². The number of benzene rings is 3. The third-order valence-corrected chi connectivity index (χ3v) is 6.31. The minimum Gasteiger partial charge on any atom is -0.508 e. The Kier molecular flexibility index (Phi) is 7.87. The van der Waals surface area contributed by atoms with Gasteiger partial charge >= 0.3 is 0 Å². The van der Waals surface area contributed by atoms with Gasteiger partial charge in [-0.2, -0.15) is 8.42 Å². The van der Waals surface area contributed by atoms with Crippen LogP contribution in [0, 0.1) is 6.92 Å². The van der Waals surface area contributed by atoms with Gasteiger partial charge in [0.1, 0.15) is 17.7 Å². The van der Waals surface area contributed by atoms with E-state index in [9.17, 15) is 23.7 Å². The van der Waals surface area contributed by atoms with Crippen LogP contribution in [0.4, 0.5) is 0 Å². The van der Waals surface area contributed by atoms with Gasteiger partial charge in [-0.15, -0.1) is 0 Å². The number of phenolic OH excluding ortho intramolecular Hbond substituents is 2. The summed E-state index contributed by atoms with van der Waals surface area (Å²) in [6.07, 6.45) is -1.07. The third-order valence-electron chi connectivity index (χ3n) is 4.98. The van der Waals surface area contributed by atoms with E-state index in [-0.39, 0.29) is 22.9 Å². The molecule has 3 rings (SSSR count). The first-order valence-electron chi connectivity index (χ1n) is 10.2. The second-order valence-corrected chi connectivity index (χ2v) is 9.15. The molecule has 1 unspecified atom stereocenters. The molecule has 0 radical (unpaired) electrons.